The van der Waals surface area contributed by atoms with Gasteiger partial charge in [-0.1, -0.05) is 11.8 Å². The van der Waals surface area contributed by atoms with Crippen molar-refractivity contribution in [1.29, 1.82) is 0 Å². The van der Waals surface area contributed by atoms with Crippen LogP contribution in [0.1, 0.15) is 6.92 Å². The first kappa shape index (κ1) is 12.1. The third-order valence-electron chi connectivity index (χ3n) is 2.70. The van der Waals surface area contributed by atoms with Gasteiger partial charge < -0.3 is 25.4 Å². The molecule has 92 valence electrons. The first-order valence-electron chi connectivity index (χ1n) is 5.27. The van der Waals surface area contributed by atoms with E-state index in [1.54, 1.807) is 0 Å². The van der Waals surface area contributed by atoms with Crippen LogP contribution in [0.3, 0.4) is 0 Å². The molecule has 0 bridgehead atoms. The average Bonchev–Trinajstić information content (AvgIpc) is 2.67. The number of amidine groups is 1. The van der Waals surface area contributed by atoms with E-state index in [1.807, 2.05) is 6.92 Å². The van der Waals surface area contributed by atoms with Crippen LogP contribution in [0.25, 0.3) is 0 Å². The molecule has 7 heteroatoms. The van der Waals surface area contributed by atoms with E-state index < -0.39 is 18.3 Å². The van der Waals surface area contributed by atoms with Crippen LogP contribution in [0.2, 0.25) is 0 Å². The molecule has 2 rings (SSSR count). The Kier molecular flexibility index (Phi) is 3.70. The van der Waals surface area contributed by atoms with Crippen LogP contribution in [0.5, 0.6) is 0 Å². The Morgan fingerprint density at radius 2 is 2.19 bits per heavy atom. The molecule has 0 amide bonds. The molecular weight excluding hydrogens is 232 g/mol. The Labute approximate surface area is 97.7 Å². The molecule has 0 aromatic carbocycles. The summed E-state index contributed by atoms with van der Waals surface area (Å²) < 4.78 is 5.48. The molecule has 0 saturated carbocycles. The minimum atomic E-state index is -1.07. The van der Waals surface area contributed by atoms with E-state index in [1.165, 1.54) is 11.8 Å². The summed E-state index contributed by atoms with van der Waals surface area (Å²) in [5.74, 6) is 0. The van der Waals surface area contributed by atoms with Crippen molar-refractivity contribution in [3.05, 3.63) is 0 Å². The monoisotopic (exact) mass is 248 g/mol. The standard InChI is InChI=1S/C9H16N2O4S/c1-2-10-9-11-5-7(14)6(13)4(3-12)15-8(5)16-9/h4-8,12-14H,2-3H2,1H3,(H,10,11)/t4?,5?,6-,7?,8-/m1/s1. The highest BCUT2D eigenvalue weighted by atomic mass is 32.2. The van der Waals surface area contributed by atoms with Crippen LogP contribution in [0.4, 0.5) is 0 Å². The molecule has 0 aromatic rings. The minimum Gasteiger partial charge on any atom is -0.394 e. The summed E-state index contributed by atoms with van der Waals surface area (Å²) in [4.78, 5) is 4.19. The second-order valence-corrected chi connectivity index (χ2v) is 4.86. The molecule has 0 spiro atoms. The summed E-state index contributed by atoms with van der Waals surface area (Å²) in [5.41, 5.74) is -0.305. The van der Waals surface area contributed by atoms with Crippen LogP contribution in [-0.2, 0) is 4.74 Å². The molecule has 2 fully saturated rings. The lowest BCUT2D eigenvalue weighted by atomic mass is 9.98. The molecule has 16 heavy (non-hydrogen) atoms. The predicted molar refractivity (Wildman–Crippen MR) is 60.3 cm³/mol. The number of nitrogens with one attached hydrogen (secondary N) is 1. The van der Waals surface area contributed by atoms with Crippen molar-refractivity contribution >= 4 is 16.9 Å². The van der Waals surface area contributed by atoms with Crippen molar-refractivity contribution in [2.24, 2.45) is 4.99 Å². The van der Waals surface area contributed by atoms with E-state index in [2.05, 4.69) is 10.3 Å². The van der Waals surface area contributed by atoms with E-state index in [4.69, 9.17) is 9.84 Å². The highest BCUT2D eigenvalue weighted by Gasteiger charge is 2.48. The number of hydrogen-bond donors (Lipinski definition) is 4. The van der Waals surface area contributed by atoms with E-state index >= 15 is 0 Å². The van der Waals surface area contributed by atoms with Crippen LogP contribution >= 0.6 is 11.8 Å². The van der Waals surface area contributed by atoms with Gasteiger partial charge in [0.05, 0.1) is 12.6 Å². The van der Waals surface area contributed by atoms with Gasteiger partial charge >= 0.3 is 0 Å². The highest BCUT2D eigenvalue weighted by Crippen LogP contribution is 2.33. The van der Waals surface area contributed by atoms with Gasteiger partial charge in [-0.05, 0) is 6.92 Å². The molecule has 4 N–H and O–H groups in total. The first-order chi connectivity index (χ1) is 7.67. The fraction of sp³-hybridized carbons (Fsp3) is 0.889. The van der Waals surface area contributed by atoms with Gasteiger partial charge in [-0.25, -0.2) is 0 Å². The van der Waals surface area contributed by atoms with E-state index in [0.717, 1.165) is 0 Å². The minimum absolute atomic E-state index is 0.303. The zero-order valence-corrected chi connectivity index (χ0v) is 9.72. The van der Waals surface area contributed by atoms with Crippen molar-refractivity contribution in [3.8, 4) is 0 Å². The molecular formula is C9H16N2O4S. The van der Waals surface area contributed by atoms with Gasteiger partial charge in [0.2, 0.25) is 0 Å². The summed E-state index contributed by atoms with van der Waals surface area (Å²) in [6.45, 7) is 2.26. The van der Waals surface area contributed by atoms with Gasteiger partial charge in [-0.2, -0.15) is 0 Å². The summed E-state index contributed by atoms with van der Waals surface area (Å²) in [7, 11) is 0. The number of ether oxygens (including phenoxy) is 1. The number of rotatable bonds is 2. The van der Waals surface area contributed by atoms with Gasteiger partial charge in [0.15, 0.2) is 5.17 Å². The molecule has 0 aliphatic carbocycles. The highest BCUT2D eigenvalue weighted by molar-refractivity contribution is 8.14. The zero-order valence-electron chi connectivity index (χ0n) is 8.91. The van der Waals surface area contributed by atoms with Crippen molar-refractivity contribution in [1.82, 2.24) is 5.32 Å². The summed E-state index contributed by atoms with van der Waals surface area (Å²) >= 11 is 1.38. The maximum Gasteiger partial charge on any atom is 0.159 e. The molecule has 2 aliphatic heterocycles. The Morgan fingerprint density at radius 1 is 1.44 bits per heavy atom. The Balaban J connectivity index is 2.10. The summed E-state index contributed by atoms with van der Waals surface area (Å²) in [6.07, 6.45) is -2.75. The smallest absolute Gasteiger partial charge is 0.159 e. The Hall–Kier alpha value is -0.340. The number of fused-ring (bicyclic) bond motifs is 1. The third-order valence-corrected chi connectivity index (χ3v) is 3.81. The van der Waals surface area contributed by atoms with Gasteiger partial charge in [-0.3, -0.25) is 4.99 Å². The second kappa shape index (κ2) is 4.89. The van der Waals surface area contributed by atoms with E-state index in [9.17, 15) is 10.2 Å². The lowest BCUT2D eigenvalue weighted by Crippen LogP contribution is -2.59. The quantitative estimate of drug-likeness (QED) is 0.475. The van der Waals surface area contributed by atoms with Crippen molar-refractivity contribution < 1.29 is 20.1 Å². The molecule has 0 aromatic heterocycles. The fourth-order valence-corrected chi connectivity index (χ4v) is 3.05. The SMILES string of the molecule is CCN=C1NC2C(O)[C@H](O)C(CO)O[C@@H]2S1. The normalized spacial score (nSPS) is 45.5. The van der Waals surface area contributed by atoms with Crippen LogP contribution in [-0.4, -0.2) is 63.4 Å². The van der Waals surface area contributed by atoms with E-state index in [0.29, 0.717) is 11.7 Å². The van der Waals surface area contributed by atoms with Crippen LogP contribution in [0, 0.1) is 0 Å². The molecule has 6 nitrogen and oxygen atoms in total. The van der Waals surface area contributed by atoms with E-state index in [-0.39, 0.29) is 18.1 Å². The first-order valence-corrected chi connectivity index (χ1v) is 6.15. The molecule has 3 unspecified atom stereocenters. The molecule has 2 aliphatic rings. The largest absolute Gasteiger partial charge is 0.394 e. The van der Waals surface area contributed by atoms with Crippen molar-refractivity contribution in [3.63, 3.8) is 0 Å². The molecule has 2 saturated heterocycles. The fourth-order valence-electron chi connectivity index (χ4n) is 1.85. The number of thioether (sulfide) groups is 1. The Morgan fingerprint density at radius 3 is 2.81 bits per heavy atom. The van der Waals surface area contributed by atoms with Crippen LogP contribution in [0.15, 0.2) is 4.99 Å². The van der Waals surface area contributed by atoms with Gasteiger partial charge in [0.25, 0.3) is 0 Å². The maximum atomic E-state index is 9.86. The van der Waals surface area contributed by atoms with Crippen LogP contribution < -0.4 is 5.32 Å². The second-order valence-electron chi connectivity index (χ2n) is 3.77. The number of hydrogen-bond acceptors (Lipinski definition) is 6. The third kappa shape index (κ3) is 2.05. The zero-order chi connectivity index (χ0) is 11.7. The van der Waals surface area contributed by atoms with Crippen molar-refractivity contribution in [2.75, 3.05) is 13.2 Å². The molecule has 5 atom stereocenters. The van der Waals surface area contributed by atoms with Gasteiger partial charge in [-0.15, -0.1) is 0 Å². The molecule has 2 heterocycles. The summed E-state index contributed by atoms with van der Waals surface area (Å²) in [6, 6.07) is -0.368. The summed E-state index contributed by atoms with van der Waals surface area (Å²) in [5, 5.41) is 32.3. The predicted octanol–water partition coefficient (Wildman–Crippen LogP) is -1.49. The number of aliphatic imine (C=N–C) groups is 1. The Bertz CT molecular complexity index is 289. The lowest BCUT2D eigenvalue weighted by Gasteiger charge is -2.38. The number of aliphatic hydroxyl groups excluding tert-OH is 3. The van der Waals surface area contributed by atoms with Gasteiger partial charge in [0.1, 0.15) is 23.7 Å². The number of aliphatic hydroxyl groups is 3. The number of nitrogens with zero attached hydrogens (tertiary/aromatic N) is 1. The lowest BCUT2D eigenvalue weighted by molar-refractivity contribution is -0.167. The van der Waals surface area contributed by atoms with Crippen molar-refractivity contribution in [2.45, 2.75) is 36.7 Å². The maximum absolute atomic E-state index is 9.86. The topological polar surface area (TPSA) is 94.3 Å². The molecule has 0 radical (unpaired) electrons. The van der Waals surface area contributed by atoms with Gasteiger partial charge in [0, 0.05) is 6.54 Å². The average molecular weight is 248 g/mol.